The fraction of sp³-hybridized carbons (Fsp3) is 0.381. The maximum absolute atomic E-state index is 14.3. The van der Waals surface area contributed by atoms with Gasteiger partial charge in [0.05, 0.1) is 133 Å². The second kappa shape index (κ2) is 47.2. The number of benzene rings is 4. The highest BCUT2D eigenvalue weighted by atomic mass is 35.5. The number of halogens is 4. The minimum absolute atomic E-state index is 0.0121. The summed E-state index contributed by atoms with van der Waals surface area (Å²) in [5.41, 5.74) is 9.02. The molecule has 5 saturated heterocycles. The van der Waals surface area contributed by atoms with Crippen LogP contribution in [0.3, 0.4) is 0 Å². The zero-order valence-corrected chi connectivity index (χ0v) is 84.4. The number of pyridine rings is 1. The minimum atomic E-state index is -0.920. The molecule has 20 rings (SSSR count). The number of carbonyl (C=O) groups excluding carboxylic acids is 5. The highest BCUT2D eigenvalue weighted by Crippen LogP contribution is 2.39. The zero-order chi connectivity index (χ0) is 97.5. The van der Waals surface area contributed by atoms with E-state index in [1.807, 2.05) is 63.2 Å². The number of morpholine rings is 5. The Hall–Kier alpha value is -10.9. The van der Waals surface area contributed by atoms with Crippen LogP contribution in [0.2, 0.25) is 5.02 Å². The number of aromatic nitrogens is 6. The molecule has 0 atom stereocenters. The Bertz CT molecular complexity index is 6880. The molecule has 5 fully saturated rings. The Labute approximate surface area is 830 Å². The summed E-state index contributed by atoms with van der Waals surface area (Å²) in [7, 11) is 2.73. The molecular weight excluding hydrogens is 1890 g/mol. The largest absolute Gasteiger partial charge is 0.497 e. The molecule has 0 amide bonds. The number of thiophene rings is 5. The van der Waals surface area contributed by atoms with E-state index in [0.717, 1.165) is 276 Å². The molecule has 0 N–H and O–H groups in total. The first kappa shape index (κ1) is 101. The van der Waals surface area contributed by atoms with Gasteiger partial charge in [0, 0.05) is 233 Å². The standard InChI is InChI=1S/C22H25ClN2O3S.C21H22F2N2O3S.C21H23FN2O3S.C21H21N3O2S.C20H23N3O2S/c1-3-28-17-4-5-18(19(23)14-17)21(26)20-13-16-12-15(2)25(22(16)29-20)7-6-24-8-10-27-11-9-24;1-13-9-14-10-18(20(26)19-16(22)11-15(27-2)12-17(19)23)29-21(14)25(13)4-3-24-5-7-28-8-6-24;1-14-11-16-13-19(20(25)15-3-4-18(26-2)17(22)12-15)28-21(16)24(14)6-5-23-7-9-27-10-8-23;1-15-12-18-13-19(20(25)17-4-2-16(14-22)3-5-17)27-21(18)24(15)7-6-23-8-10-26-11-9-23;1-14-3-4-16(13-21-14)19(24)18-12-17-11-15(2)23(20(17)26-18)6-5-22-7-9-25-10-8-22/h4-5,12-14H,3,6-11H2,1-2H3;9-12H,3-8H2,1-2H3;3-4,11-13H,5-10H2,1-2H3;2-5,12-13H,6-11H2,1H3;3-4,11-13H,5-10H2,1-2H3. The Morgan fingerprint density at radius 2 is 0.705 bits per heavy atom. The van der Waals surface area contributed by atoms with Gasteiger partial charge in [0.25, 0.3) is 0 Å². The van der Waals surface area contributed by atoms with Gasteiger partial charge in [-0.1, -0.05) is 11.6 Å². The van der Waals surface area contributed by atoms with Gasteiger partial charge in [-0.25, -0.2) is 13.2 Å². The molecule has 15 aromatic rings. The molecule has 730 valence electrons. The fourth-order valence-corrected chi connectivity index (χ4v) is 23.9. The lowest BCUT2D eigenvalue weighted by atomic mass is 10.1. The molecule has 16 heterocycles. The number of ketones is 5. The molecule has 0 aliphatic carbocycles. The van der Waals surface area contributed by atoms with Gasteiger partial charge in [-0.15, -0.1) is 56.7 Å². The first-order chi connectivity index (χ1) is 67.4. The van der Waals surface area contributed by atoms with Crippen molar-refractivity contribution in [3.63, 3.8) is 0 Å². The molecule has 11 aromatic heterocycles. The molecule has 5 aliphatic heterocycles. The van der Waals surface area contributed by atoms with Gasteiger partial charge in [0.2, 0.25) is 28.9 Å². The van der Waals surface area contributed by atoms with Gasteiger partial charge in [-0.3, -0.25) is 53.5 Å². The monoisotopic (exact) mass is 2000 g/mol. The maximum atomic E-state index is 14.3. The number of nitriles is 1. The third kappa shape index (κ3) is 24.5. The molecule has 0 radical (unpaired) electrons. The topological polar surface area (TPSA) is 237 Å². The molecule has 0 unspecified atom stereocenters. The van der Waals surface area contributed by atoms with Gasteiger partial charge < -0.3 is 60.7 Å². The Morgan fingerprint density at radius 3 is 1.02 bits per heavy atom. The van der Waals surface area contributed by atoms with Crippen LogP contribution in [-0.4, -0.2) is 266 Å². The van der Waals surface area contributed by atoms with Crippen molar-refractivity contribution in [3.05, 3.63) is 266 Å². The van der Waals surface area contributed by atoms with Crippen molar-refractivity contribution >= 4 is 148 Å². The second-order valence-corrected chi connectivity index (χ2v) is 40.3. The van der Waals surface area contributed by atoms with Crippen LogP contribution in [-0.2, 0) is 56.4 Å². The normalized spacial score (nSPS) is 15.3. The van der Waals surface area contributed by atoms with Gasteiger partial charge >= 0.3 is 0 Å². The summed E-state index contributed by atoms with van der Waals surface area (Å²) in [6, 6.07) is 44.5. The summed E-state index contributed by atoms with van der Waals surface area (Å²) in [6.07, 6.45) is 1.67. The van der Waals surface area contributed by atoms with E-state index in [4.69, 9.17) is 54.8 Å². The molecule has 34 heteroatoms. The Kier molecular flexibility index (Phi) is 34.3. The third-order valence-corrected chi connectivity index (χ3v) is 31.7. The lowest BCUT2D eigenvalue weighted by Gasteiger charge is -2.26. The number of methoxy groups -OCH3 is 2. The molecule has 139 heavy (non-hydrogen) atoms. The van der Waals surface area contributed by atoms with Gasteiger partial charge in [-0.2, -0.15) is 5.26 Å². The molecule has 0 bridgehead atoms. The number of hydrogen-bond acceptors (Lipinski definition) is 25. The van der Waals surface area contributed by atoms with E-state index in [1.54, 1.807) is 83.5 Å². The van der Waals surface area contributed by atoms with Crippen LogP contribution in [0, 0.1) is 70.3 Å². The molecule has 5 aliphatic rings. The fourth-order valence-electron chi connectivity index (χ4n) is 17.8. The second-order valence-electron chi connectivity index (χ2n) is 34.7. The van der Waals surface area contributed by atoms with Crippen LogP contribution < -0.4 is 14.2 Å². The Balaban J connectivity index is 0.000000126. The van der Waals surface area contributed by atoms with Crippen molar-refractivity contribution in [2.75, 3.05) is 185 Å². The molecule has 4 aromatic carbocycles. The predicted molar refractivity (Wildman–Crippen MR) is 545 cm³/mol. The van der Waals surface area contributed by atoms with Crippen molar-refractivity contribution in [1.29, 1.82) is 5.26 Å². The Morgan fingerprint density at radius 1 is 0.374 bits per heavy atom. The number of nitrogens with zero attached hydrogens (tertiary/aromatic N) is 12. The predicted octanol–water partition coefficient (Wildman–Crippen LogP) is 18.9. The van der Waals surface area contributed by atoms with Crippen molar-refractivity contribution in [2.24, 2.45) is 0 Å². The number of fused-ring (bicyclic) bond motifs is 5. The average Bonchev–Trinajstić information content (AvgIpc) is 1.61. The summed E-state index contributed by atoms with van der Waals surface area (Å²) < 4.78 is 96.3. The van der Waals surface area contributed by atoms with E-state index in [0.29, 0.717) is 59.8 Å². The van der Waals surface area contributed by atoms with Crippen molar-refractivity contribution in [1.82, 2.24) is 52.3 Å². The smallest absolute Gasteiger partial charge is 0.208 e. The highest BCUT2D eigenvalue weighted by molar-refractivity contribution is 7.22. The first-order valence-electron chi connectivity index (χ1n) is 46.8. The molecular formula is C105H114ClF3N12O13S5. The van der Waals surface area contributed by atoms with Crippen LogP contribution >= 0.6 is 68.3 Å². The van der Waals surface area contributed by atoms with E-state index in [-0.39, 0.29) is 34.6 Å². The summed E-state index contributed by atoms with van der Waals surface area (Å²) in [4.78, 5) is 89.2. The minimum Gasteiger partial charge on any atom is -0.497 e. The molecule has 25 nitrogen and oxygen atoms in total. The molecule has 0 saturated carbocycles. The van der Waals surface area contributed by atoms with Crippen LogP contribution in [0.15, 0.2) is 152 Å². The summed E-state index contributed by atoms with van der Waals surface area (Å²) in [5.74, 6) is -2.31. The first-order valence-corrected chi connectivity index (χ1v) is 51.3. The van der Waals surface area contributed by atoms with E-state index in [1.165, 1.54) is 88.0 Å². The highest BCUT2D eigenvalue weighted by Gasteiger charge is 2.29. The number of rotatable bonds is 29. The number of ether oxygens (including phenoxy) is 8. The van der Waals surface area contributed by atoms with Crippen LogP contribution in [0.25, 0.3) is 51.1 Å². The summed E-state index contributed by atoms with van der Waals surface area (Å²) >= 11 is 13.8. The zero-order valence-electron chi connectivity index (χ0n) is 79.6. The lowest BCUT2D eigenvalue weighted by molar-refractivity contribution is 0.0364. The third-order valence-electron chi connectivity index (χ3n) is 25.6. The van der Waals surface area contributed by atoms with Gasteiger partial charge in [-0.05, 0) is 182 Å². The van der Waals surface area contributed by atoms with Crippen molar-refractivity contribution in [2.45, 2.75) is 81.2 Å². The van der Waals surface area contributed by atoms with Crippen LogP contribution in [0.5, 0.6) is 17.2 Å². The number of carbonyl (C=O) groups is 5. The van der Waals surface area contributed by atoms with Crippen molar-refractivity contribution in [3.8, 4) is 23.3 Å². The lowest BCUT2D eigenvalue weighted by Crippen LogP contribution is -2.38. The maximum Gasteiger partial charge on any atom is 0.208 e. The summed E-state index contributed by atoms with van der Waals surface area (Å²) in [5, 5.41) is 14.7. The molecule has 0 spiro atoms. The van der Waals surface area contributed by atoms with Crippen LogP contribution in [0.1, 0.15) is 123 Å². The van der Waals surface area contributed by atoms with E-state index < -0.39 is 28.8 Å². The van der Waals surface area contributed by atoms with Crippen molar-refractivity contribution < 1.29 is 75.0 Å². The average molecular weight is 2000 g/mol. The SMILES string of the molecule is CCOc1ccc(C(=O)c2cc3cc(C)n(CCN4CCOCC4)c3s2)c(Cl)c1.COc1cc(F)c(C(=O)c2cc3cc(C)n(CCN4CCOCC4)c3s2)c(F)c1.COc1ccc(C(=O)c2cc3cc(C)n(CCN4CCOCC4)c3s2)cc1F.Cc1cc2cc(C(=O)c3ccc(C#N)cc3)sc2n1CCN1CCOCC1.Cc1ccc(C(=O)c2cc3cc(C)n(CCN4CCOCC4)c3s2)cn1. The van der Waals surface area contributed by atoms with Gasteiger partial charge in [0.15, 0.2) is 11.6 Å². The van der Waals surface area contributed by atoms with Gasteiger partial charge in [0.1, 0.15) is 47.3 Å². The van der Waals surface area contributed by atoms with E-state index in [9.17, 15) is 37.1 Å². The van der Waals surface area contributed by atoms with E-state index in [2.05, 4.69) is 110 Å². The van der Waals surface area contributed by atoms with E-state index >= 15 is 0 Å². The quantitative estimate of drug-likeness (QED) is 0.0396. The number of hydrogen-bond donors (Lipinski definition) is 0. The van der Waals surface area contributed by atoms with Crippen LogP contribution in [0.4, 0.5) is 13.2 Å². The summed E-state index contributed by atoms with van der Waals surface area (Å²) in [6.45, 7) is 41.8. The number of aryl methyl sites for hydroxylation is 6.